The van der Waals surface area contributed by atoms with Crippen molar-refractivity contribution in [3.8, 4) is 11.3 Å². The maximum atomic E-state index is 12.0. The van der Waals surface area contributed by atoms with E-state index < -0.39 is 0 Å². The van der Waals surface area contributed by atoms with Crippen molar-refractivity contribution in [1.82, 2.24) is 19.9 Å². The lowest BCUT2D eigenvalue weighted by molar-refractivity contribution is -0.114. The van der Waals surface area contributed by atoms with Gasteiger partial charge in [-0.1, -0.05) is 29.8 Å². The molecular formula is C27H30ClN7O. The number of rotatable bonds is 6. The number of likely N-dealkylation sites (N-methyl/N-ethyl adjacent to an activating group) is 1. The fourth-order valence-electron chi connectivity index (χ4n) is 4.81. The summed E-state index contributed by atoms with van der Waals surface area (Å²) in [6, 6.07) is 12.6. The monoisotopic (exact) mass is 503 g/mol. The summed E-state index contributed by atoms with van der Waals surface area (Å²) in [7, 11) is 4.21. The van der Waals surface area contributed by atoms with Gasteiger partial charge in [0.05, 0.1) is 28.3 Å². The molecule has 1 fully saturated rings. The predicted molar refractivity (Wildman–Crippen MR) is 147 cm³/mol. The van der Waals surface area contributed by atoms with Crippen LogP contribution in [0, 0.1) is 6.92 Å². The molecule has 1 amide bonds. The van der Waals surface area contributed by atoms with E-state index in [1.54, 1.807) is 6.20 Å². The summed E-state index contributed by atoms with van der Waals surface area (Å²) in [6.07, 6.45) is 4.62. The van der Waals surface area contributed by atoms with Crippen LogP contribution in [0.4, 0.5) is 23.0 Å². The summed E-state index contributed by atoms with van der Waals surface area (Å²) in [5.74, 6) is 0.309. The zero-order valence-corrected chi connectivity index (χ0v) is 21.6. The molecule has 1 aliphatic rings. The molecule has 1 atom stereocenters. The van der Waals surface area contributed by atoms with Crippen molar-refractivity contribution in [1.29, 1.82) is 0 Å². The molecule has 0 aliphatic carbocycles. The van der Waals surface area contributed by atoms with Crippen molar-refractivity contribution in [2.45, 2.75) is 26.3 Å². The number of fused-ring (bicyclic) bond motifs is 1. The van der Waals surface area contributed by atoms with Gasteiger partial charge in [-0.25, -0.2) is 9.97 Å². The van der Waals surface area contributed by atoms with Crippen LogP contribution in [0.5, 0.6) is 0 Å². The highest BCUT2D eigenvalue weighted by atomic mass is 35.5. The third-order valence-corrected chi connectivity index (χ3v) is 7.00. The van der Waals surface area contributed by atoms with Crippen LogP contribution in [0.3, 0.4) is 0 Å². The van der Waals surface area contributed by atoms with E-state index in [2.05, 4.69) is 63.6 Å². The molecular weight excluding hydrogens is 474 g/mol. The van der Waals surface area contributed by atoms with Crippen LogP contribution in [-0.2, 0) is 4.79 Å². The molecule has 2 aromatic heterocycles. The average Bonchev–Trinajstić information content (AvgIpc) is 3.49. The van der Waals surface area contributed by atoms with Crippen LogP contribution in [0.25, 0.3) is 22.2 Å². The number of halogens is 1. The number of carbonyl (C=O) groups excluding carboxylic acids is 1. The van der Waals surface area contributed by atoms with Gasteiger partial charge in [0.15, 0.2) is 0 Å². The number of benzene rings is 2. The molecule has 36 heavy (non-hydrogen) atoms. The molecule has 3 N–H and O–H groups in total. The Morgan fingerprint density at radius 2 is 2.08 bits per heavy atom. The number of para-hydroxylation sites is 1. The number of anilines is 4. The highest BCUT2D eigenvalue weighted by Crippen LogP contribution is 2.35. The van der Waals surface area contributed by atoms with Gasteiger partial charge in [0, 0.05) is 54.4 Å². The predicted octanol–water partition coefficient (Wildman–Crippen LogP) is 5.43. The van der Waals surface area contributed by atoms with E-state index in [1.807, 2.05) is 30.5 Å². The highest BCUT2D eigenvalue weighted by molar-refractivity contribution is 6.33. The van der Waals surface area contributed by atoms with Gasteiger partial charge in [0.25, 0.3) is 0 Å². The van der Waals surface area contributed by atoms with Gasteiger partial charge < -0.3 is 25.4 Å². The minimum Gasteiger partial charge on any atom is -0.368 e. The lowest BCUT2D eigenvalue weighted by atomic mass is 10.1. The van der Waals surface area contributed by atoms with E-state index in [9.17, 15) is 4.79 Å². The van der Waals surface area contributed by atoms with Crippen molar-refractivity contribution in [3.63, 3.8) is 0 Å². The molecule has 1 saturated heterocycles. The van der Waals surface area contributed by atoms with Crippen LogP contribution in [0.1, 0.15) is 18.9 Å². The number of H-pyrrole nitrogens is 1. The molecule has 5 rings (SSSR count). The number of nitrogens with zero attached hydrogens (tertiary/aromatic N) is 4. The average molecular weight is 504 g/mol. The minimum atomic E-state index is -0.114. The molecule has 0 unspecified atom stereocenters. The number of aromatic nitrogens is 3. The summed E-state index contributed by atoms with van der Waals surface area (Å²) in [5.41, 5.74) is 6.32. The molecule has 3 heterocycles. The van der Waals surface area contributed by atoms with E-state index in [0.29, 0.717) is 22.7 Å². The zero-order valence-electron chi connectivity index (χ0n) is 20.9. The second-order valence-corrected chi connectivity index (χ2v) is 9.89. The third kappa shape index (κ3) is 4.74. The Kier molecular flexibility index (Phi) is 6.55. The van der Waals surface area contributed by atoms with Crippen molar-refractivity contribution < 1.29 is 4.79 Å². The Hall–Kier alpha value is -3.62. The summed E-state index contributed by atoms with van der Waals surface area (Å²) < 4.78 is 0. The van der Waals surface area contributed by atoms with Crippen molar-refractivity contribution in [2.24, 2.45) is 0 Å². The fourth-order valence-corrected chi connectivity index (χ4v) is 5.00. The first-order valence-electron chi connectivity index (χ1n) is 12.0. The second-order valence-electron chi connectivity index (χ2n) is 9.48. The van der Waals surface area contributed by atoms with E-state index in [1.165, 1.54) is 6.92 Å². The summed E-state index contributed by atoms with van der Waals surface area (Å²) in [6.45, 7) is 5.44. The number of amides is 1. The van der Waals surface area contributed by atoms with Crippen LogP contribution in [0.15, 0.2) is 48.8 Å². The van der Waals surface area contributed by atoms with Crippen molar-refractivity contribution in [2.75, 3.05) is 42.7 Å². The quantitative estimate of drug-likeness (QED) is 0.325. The Morgan fingerprint density at radius 3 is 2.83 bits per heavy atom. The van der Waals surface area contributed by atoms with E-state index in [0.717, 1.165) is 58.6 Å². The summed E-state index contributed by atoms with van der Waals surface area (Å²) in [5, 5.41) is 7.80. The Bertz CT molecular complexity index is 1430. The van der Waals surface area contributed by atoms with Crippen molar-refractivity contribution in [3.05, 3.63) is 59.4 Å². The topological polar surface area (TPSA) is 89.2 Å². The molecule has 9 heteroatoms. The Labute approximate surface area is 215 Å². The number of hydrogen-bond acceptors (Lipinski definition) is 6. The fraction of sp³-hybridized carbons (Fsp3) is 0.296. The van der Waals surface area contributed by atoms with E-state index in [4.69, 9.17) is 16.6 Å². The number of nitrogens with one attached hydrogen (secondary N) is 3. The molecule has 8 nitrogen and oxygen atoms in total. The summed E-state index contributed by atoms with van der Waals surface area (Å²) in [4.78, 5) is 29.0. The largest absolute Gasteiger partial charge is 0.368 e. The first-order valence-corrected chi connectivity index (χ1v) is 12.4. The van der Waals surface area contributed by atoms with Gasteiger partial charge in [0.1, 0.15) is 0 Å². The first-order chi connectivity index (χ1) is 17.3. The maximum Gasteiger partial charge on any atom is 0.227 e. The number of aryl methyl sites for hydroxylation is 1. The van der Waals surface area contributed by atoms with Gasteiger partial charge in [-0.05, 0) is 51.2 Å². The molecule has 186 valence electrons. The van der Waals surface area contributed by atoms with Crippen LogP contribution >= 0.6 is 11.6 Å². The molecule has 1 aliphatic heterocycles. The van der Waals surface area contributed by atoms with Gasteiger partial charge in [-0.15, -0.1) is 0 Å². The Morgan fingerprint density at radius 1 is 1.25 bits per heavy atom. The van der Waals surface area contributed by atoms with E-state index >= 15 is 0 Å². The van der Waals surface area contributed by atoms with Crippen molar-refractivity contribution >= 4 is 51.4 Å². The van der Waals surface area contributed by atoms with Gasteiger partial charge in [0.2, 0.25) is 11.9 Å². The van der Waals surface area contributed by atoms with Gasteiger partial charge in [-0.2, -0.15) is 0 Å². The van der Waals surface area contributed by atoms with Crippen LogP contribution in [0.2, 0.25) is 5.02 Å². The SMILES string of the molecule is CC(=O)Nc1cc(Nc2ncc(Cl)c(-c3c[nH]c4c(C)cccc34)n2)ccc1N1CC[C@H](N(C)C)C1. The zero-order chi connectivity index (χ0) is 25.4. The lowest BCUT2D eigenvalue weighted by Crippen LogP contribution is -2.31. The second kappa shape index (κ2) is 9.79. The third-order valence-electron chi connectivity index (χ3n) is 6.72. The van der Waals surface area contributed by atoms with Gasteiger partial charge in [-0.3, -0.25) is 4.79 Å². The highest BCUT2D eigenvalue weighted by Gasteiger charge is 2.26. The molecule has 0 saturated carbocycles. The molecule has 0 radical (unpaired) electrons. The number of hydrogen-bond donors (Lipinski definition) is 3. The van der Waals surface area contributed by atoms with Crippen LogP contribution < -0.4 is 15.5 Å². The molecule has 4 aromatic rings. The normalized spacial score (nSPS) is 15.6. The number of aromatic amines is 1. The lowest BCUT2D eigenvalue weighted by Gasteiger charge is -2.24. The maximum absolute atomic E-state index is 12.0. The molecule has 2 aromatic carbocycles. The summed E-state index contributed by atoms with van der Waals surface area (Å²) >= 11 is 6.52. The smallest absolute Gasteiger partial charge is 0.227 e. The van der Waals surface area contributed by atoms with E-state index in [-0.39, 0.29) is 5.91 Å². The first kappa shape index (κ1) is 24.1. The van der Waals surface area contributed by atoms with Crippen LogP contribution in [-0.4, -0.2) is 59.0 Å². The number of carbonyl (C=O) groups is 1. The standard InChI is InChI=1S/C27H30ClN7O/c1-16-6-5-7-20-21(13-29-25(16)20)26-22(28)14-30-27(33-26)32-18-8-9-24(23(12-18)31-17(2)36)35-11-10-19(15-35)34(3)4/h5-9,12-14,19,29H,10-11,15H2,1-4H3,(H,31,36)(H,30,32,33)/t19-/m0/s1. The van der Waals surface area contributed by atoms with Gasteiger partial charge >= 0.3 is 0 Å². The molecule has 0 spiro atoms. The minimum absolute atomic E-state index is 0.114. The molecule has 0 bridgehead atoms. The Balaban J connectivity index is 1.45.